The van der Waals surface area contributed by atoms with Crippen molar-refractivity contribution in [3.05, 3.63) is 29.8 Å². The minimum atomic E-state index is 0.101. The normalized spacial score (nSPS) is 23.2. The van der Waals surface area contributed by atoms with Gasteiger partial charge in [-0.3, -0.25) is 9.69 Å². The van der Waals surface area contributed by atoms with E-state index in [4.69, 9.17) is 4.74 Å². The number of hydrogen-bond donors (Lipinski definition) is 0. The Balaban J connectivity index is 1.69. The largest absolute Gasteiger partial charge is 0.496 e. The molecule has 4 nitrogen and oxygen atoms in total. The molecule has 0 aromatic heterocycles. The van der Waals surface area contributed by atoms with Crippen molar-refractivity contribution in [3.8, 4) is 5.75 Å². The predicted octanol–water partition coefficient (Wildman–Crippen LogP) is 2.01. The summed E-state index contributed by atoms with van der Waals surface area (Å²) < 4.78 is 5.29. The Hall–Kier alpha value is -1.55. The molecule has 0 saturated carbocycles. The molecule has 1 amide bonds. The summed E-state index contributed by atoms with van der Waals surface area (Å²) in [4.78, 5) is 17.1. The second kappa shape index (κ2) is 5.83. The summed E-state index contributed by atoms with van der Waals surface area (Å²) in [7, 11) is 1.61. The van der Waals surface area contributed by atoms with Gasteiger partial charge in [-0.2, -0.15) is 0 Å². The summed E-state index contributed by atoms with van der Waals surface area (Å²) in [6.45, 7) is 4.11. The lowest BCUT2D eigenvalue weighted by Crippen LogP contribution is -2.37. The zero-order valence-electron chi connectivity index (χ0n) is 12.0. The molecule has 1 aromatic carbocycles. The van der Waals surface area contributed by atoms with Gasteiger partial charge in [-0.15, -0.1) is 0 Å². The number of methoxy groups -OCH3 is 1. The zero-order valence-corrected chi connectivity index (χ0v) is 12.0. The Labute approximate surface area is 120 Å². The third-order valence-electron chi connectivity index (χ3n) is 4.45. The van der Waals surface area contributed by atoms with Crippen LogP contribution < -0.4 is 4.74 Å². The maximum atomic E-state index is 12.6. The summed E-state index contributed by atoms with van der Waals surface area (Å²) >= 11 is 0. The summed E-state index contributed by atoms with van der Waals surface area (Å²) in [5, 5.41) is 0. The highest BCUT2D eigenvalue weighted by molar-refractivity contribution is 5.97. The Morgan fingerprint density at radius 3 is 2.70 bits per heavy atom. The van der Waals surface area contributed by atoms with Gasteiger partial charge in [0.15, 0.2) is 0 Å². The Kier molecular flexibility index (Phi) is 3.92. The molecule has 0 radical (unpaired) electrons. The maximum absolute atomic E-state index is 12.6. The summed E-state index contributed by atoms with van der Waals surface area (Å²) in [5.74, 6) is 0.770. The lowest BCUT2D eigenvalue weighted by Gasteiger charge is -2.24. The molecule has 2 saturated heterocycles. The Bertz CT molecular complexity index is 483. The Morgan fingerprint density at radius 1 is 1.20 bits per heavy atom. The van der Waals surface area contributed by atoms with Gasteiger partial charge in [-0.1, -0.05) is 12.1 Å². The quantitative estimate of drug-likeness (QED) is 0.845. The van der Waals surface area contributed by atoms with Gasteiger partial charge in [0.2, 0.25) is 0 Å². The second-order valence-corrected chi connectivity index (χ2v) is 5.64. The fourth-order valence-corrected chi connectivity index (χ4v) is 3.32. The molecule has 0 spiro atoms. The van der Waals surface area contributed by atoms with Crippen molar-refractivity contribution < 1.29 is 9.53 Å². The van der Waals surface area contributed by atoms with Crippen LogP contribution in [-0.2, 0) is 0 Å². The van der Waals surface area contributed by atoms with Gasteiger partial charge >= 0.3 is 0 Å². The first-order chi connectivity index (χ1) is 9.79. The van der Waals surface area contributed by atoms with Crippen molar-refractivity contribution in [2.45, 2.75) is 25.3 Å². The molecule has 2 heterocycles. The number of likely N-dealkylation sites (tertiary alicyclic amines) is 2. The smallest absolute Gasteiger partial charge is 0.257 e. The number of benzene rings is 1. The molecule has 0 N–H and O–H groups in total. The fraction of sp³-hybridized carbons (Fsp3) is 0.562. The molecule has 2 fully saturated rings. The number of rotatable bonds is 3. The van der Waals surface area contributed by atoms with E-state index in [9.17, 15) is 4.79 Å². The number of ether oxygens (including phenoxy) is 1. The van der Waals surface area contributed by atoms with Crippen molar-refractivity contribution in [2.75, 3.05) is 33.3 Å². The minimum Gasteiger partial charge on any atom is -0.496 e. The molecule has 1 unspecified atom stereocenters. The van der Waals surface area contributed by atoms with Gasteiger partial charge in [0.05, 0.1) is 12.7 Å². The molecular formula is C16H22N2O2. The fourth-order valence-electron chi connectivity index (χ4n) is 3.32. The van der Waals surface area contributed by atoms with Gasteiger partial charge in [0.25, 0.3) is 5.91 Å². The summed E-state index contributed by atoms with van der Waals surface area (Å²) in [6.07, 6.45) is 3.70. The van der Waals surface area contributed by atoms with Crippen molar-refractivity contribution in [3.63, 3.8) is 0 Å². The monoisotopic (exact) mass is 274 g/mol. The summed E-state index contributed by atoms with van der Waals surface area (Å²) in [5.41, 5.74) is 0.678. The van der Waals surface area contributed by atoms with Crippen LogP contribution in [0.15, 0.2) is 24.3 Å². The van der Waals surface area contributed by atoms with Crippen LogP contribution in [0.4, 0.5) is 0 Å². The highest BCUT2D eigenvalue weighted by Gasteiger charge is 2.32. The standard InChI is InChI=1S/C16H22N2O2/c1-20-15-7-3-2-6-14(15)16(19)18-11-8-13(12-18)17-9-4-5-10-17/h2-3,6-7,13H,4-5,8-12H2,1H3. The lowest BCUT2D eigenvalue weighted by molar-refractivity contribution is 0.0776. The zero-order chi connectivity index (χ0) is 13.9. The lowest BCUT2D eigenvalue weighted by atomic mass is 10.2. The van der Waals surface area contributed by atoms with Crippen molar-refractivity contribution in [1.82, 2.24) is 9.80 Å². The van der Waals surface area contributed by atoms with E-state index in [1.54, 1.807) is 7.11 Å². The van der Waals surface area contributed by atoms with E-state index in [2.05, 4.69) is 4.90 Å². The van der Waals surface area contributed by atoms with E-state index in [-0.39, 0.29) is 5.91 Å². The molecule has 0 aliphatic carbocycles. The topological polar surface area (TPSA) is 32.8 Å². The van der Waals surface area contributed by atoms with E-state index < -0.39 is 0 Å². The minimum absolute atomic E-state index is 0.101. The van der Waals surface area contributed by atoms with Gasteiger partial charge in [0.1, 0.15) is 5.75 Å². The number of para-hydroxylation sites is 1. The first-order valence-electron chi connectivity index (χ1n) is 7.46. The van der Waals surface area contributed by atoms with Crippen molar-refractivity contribution in [1.29, 1.82) is 0 Å². The third kappa shape index (κ3) is 2.52. The van der Waals surface area contributed by atoms with Crippen LogP contribution in [0.3, 0.4) is 0 Å². The van der Waals surface area contributed by atoms with Crippen molar-refractivity contribution in [2.24, 2.45) is 0 Å². The first kappa shape index (κ1) is 13.4. The average Bonchev–Trinajstić information content (AvgIpc) is 3.16. The molecule has 0 bridgehead atoms. The number of hydrogen-bond acceptors (Lipinski definition) is 3. The predicted molar refractivity (Wildman–Crippen MR) is 78.1 cm³/mol. The van der Waals surface area contributed by atoms with Crippen LogP contribution in [0.2, 0.25) is 0 Å². The molecular weight excluding hydrogens is 252 g/mol. The van der Waals surface area contributed by atoms with E-state index in [0.717, 1.165) is 19.5 Å². The molecule has 108 valence electrons. The molecule has 20 heavy (non-hydrogen) atoms. The molecule has 1 atom stereocenters. The van der Waals surface area contributed by atoms with Crippen LogP contribution >= 0.6 is 0 Å². The third-order valence-corrected chi connectivity index (χ3v) is 4.45. The van der Waals surface area contributed by atoms with Gasteiger partial charge < -0.3 is 9.64 Å². The Morgan fingerprint density at radius 2 is 1.95 bits per heavy atom. The van der Waals surface area contributed by atoms with E-state index in [1.165, 1.54) is 25.9 Å². The molecule has 2 aliphatic rings. The number of carbonyl (C=O) groups excluding carboxylic acids is 1. The van der Waals surface area contributed by atoms with Gasteiger partial charge in [-0.25, -0.2) is 0 Å². The van der Waals surface area contributed by atoms with Gasteiger partial charge in [-0.05, 0) is 44.5 Å². The van der Waals surface area contributed by atoms with Gasteiger partial charge in [0, 0.05) is 19.1 Å². The van der Waals surface area contributed by atoms with Crippen LogP contribution in [0.5, 0.6) is 5.75 Å². The SMILES string of the molecule is COc1ccccc1C(=O)N1CCC(N2CCCC2)C1. The van der Waals surface area contributed by atoms with Crippen LogP contribution in [0.1, 0.15) is 29.6 Å². The van der Waals surface area contributed by atoms with E-state index in [0.29, 0.717) is 17.4 Å². The molecule has 2 aliphatic heterocycles. The molecule has 1 aromatic rings. The maximum Gasteiger partial charge on any atom is 0.257 e. The summed E-state index contributed by atoms with van der Waals surface area (Å²) in [6, 6.07) is 8.04. The number of carbonyl (C=O) groups is 1. The van der Waals surface area contributed by atoms with Crippen LogP contribution in [0.25, 0.3) is 0 Å². The van der Waals surface area contributed by atoms with E-state index >= 15 is 0 Å². The highest BCUT2D eigenvalue weighted by Crippen LogP contribution is 2.24. The first-order valence-corrected chi connectivity index (χ1v) is 7.46. The number of nitrogens with zero attached hydrogens (tertiary/aromatic N) is 2. The number of amides is 1. The second-order valence-electron chi connectivity index (χ2n) is 5.64. The molecule has 3 rings (SSSR count). The molecule has 4 heteroatoms. The van der Waals surface area contributed by atoms with Crippen LogP contribution in [0, 0.1) is 0 Å². The van der Waals surface area contributed by atoms with Crippen LogP contribution in [-0.4, -0.2) is 55.0 Å². The van der Waals surface area contributed by atoms with E-state index in [1.807, 2.05) is 29.2 Å². The average molecular weight is 274 g/mol. The van der Waals surface area contributed by atoms with Crippen molar-refractivity contribution >= 4 is 5.91 Å². The highest BCUT2D eigenvalue weighted by atomic mass is 16.5.